The highest BCUT2D eigenvalue weighted by molar-refractivity contribution is 5.88. The van der Waals surface area contributed by atoms with Crippen LogP contribution in [0.2, 0.25) is 0 Å². The molecule has 0 unspecified atom stereocenters. The lowest BCUT2D eigenvalue weighted by atomic mass is 9.99. The summed E-state index contributed by atoms with van der Waals surface area (Å²) in [6, 6.07) is 0. The van der Waals surface area contributed by atoms with E-state index < -0.39 is 0 Å². The predicted octanol–water partition coefficient (Wildman–Crippen LogP) is 5.53. The molecule has 0 heterocycles. The summed E-state index contributed by atoms with van der Waals surface area (Å²) < 4.78 is 5.11. The Morgan fingerprint density at radius 1 is 0.870 bits per heavy atom. The average Bonchev–Trinajstić information content (AvgIpc) is 2.57. The van der Waals surface area contributed by atoms with E-state index >= 15 is 0 Å². The van der Waals surface area contributed by atoms with Crippen LogP contribution in [-0.2, 0) is 9.53 Å². The van der Waals surface area contributed by atoms with Gasteiger partial charge in [0, 0.05) is 12.1 Å². The molecular formula is C20H39NO2. The molecule has 3 nitrogen and oxygen atoms in total. The first kappa shape index (κ1) is 22.2. The number of ether oxygens (including phenoxy) is 1. The van der Waals surface area contributed by atoms with E-state index in [0.717, 1.165) is 18.4 Å². The molecule has 0 saturated carbocycles. The zero-order chi connectivity index (χ0) is 17.3. The molecular weight excluding hydrogens is 286 g/mol. The maximum Gasteiger partial charge on any atom is 0.333 e. The van der Waals surface area contributed by atoms with E-state index in [1.165, 1.54) is 69.8 Å². The second-order valence-electron chi connectivity index (χ2n) is 6.44. The Morgan fingerprint density at radius 2 is 1.39 bits per heavy atom. The minimum atomic E-state index is -0.195. The van der Waals surface area contributed by atoms with Crippen molar-refractivity contribution in [3.8, 4) is 0 Å². The summed E-state index contributed by atoms with van der Waals surface area (Å²) in [5, 5.41) is 0. The molecule has 0 saturated heterocycles. The Bertz CT molecular complexity index is 324. The lowest BCUT2D eigenvalue weighted by Crippen LogP contribution is -2.15. The maximum absolute atomic E-state index is 11.8. The van der Waals surface area contributed by atoms with Crippen molar-refractivity contribution in [3.05, 3.63) is 11.1 Å². The standard InChI is InChI=1S/C20H39NO2/c1-4-6-7-8-9-10-11-12-13-14-15-19(5-2)18(3)20(22)23-17-16-21/h4-17,21H2,1-3H3. The summed E-state index contributed by atoms with van der Waals surface area (Å²) in [6.07, 6.45) is 15.4. The van der Waals surface area contributed by atoms with E-state index in [4.69, 9.17) is 10.5 Å². The van der Waals surface area contributed by atoms with Gasteiger partial charge >= 0.3 is 5.97 Å². The van der Waals surface area contributed by atoms with Crippen molar-refractivity contribution in [2.75, 3.05) is 13.2 Å². The van der Waals surface area contributed by atoms with Crippen molar-refractivity contribution in [1.82, 2.24) is 0 Å². The molecule has 2 N–H and O–H groups in total. The summed E-state index contributed by atoms with van der Waals surface area (Å²) in [5.41, 5.74) is 7.40. The van der Waals surface area contributed by atoms with Gasteiger partial charge in [0.15, 0.2) is 0 Å². The van der Waals surface area contributed by atoms with Crippen LogP contribution < -0.4 is 5.73 Å². The van der Waals surface area contributed by atoms with Gasteiger partial charge in [-0.3, -0.25) is 0 Å². The van der Waals surface area contributed by atoms with Crippen molar-refractivity contribution < 1.29 is 9.53 Å². The van der Waals surface area contributed by atoms with Crippen LogP contribution in [0, 0.1) is 0 Å². The van der Waals surface area contributed by atoms with E-state index in [1.807, 2.05) is 6.92 Å². The van der Waals surface area contributed by atoms with Gasteiger partial charge in [0.2, 0.25) is 0 Å². The van der Waals surface area contributed by atoms with E-state index in [1.54, 1.807) is 0 Å². The maximum atomic E-state index is 11.8. The zero-order valence-electron chi connectivity index (χ0n) is 15.8. The van der Waals surface area contributed by atoms with Crippen LogP contribution in [0.3, 0.4) is 0 Å². The van der Waals surface area contributed by atoms with Crippen molar-refractivity contribution in [3.63, 3.8) is 0 Å². The lowest BCUT2D eigenvalue weighted by molar-refractivity contribution is -0.138. The molecule has 0 atom stereocenters. The smallest absolute Gasteiger partial charge is 0.333 e. The highest BCUT2D eigenvalue weighted by Gasteiger charge is 2.10. The Morgan fingerprint density at radius 3 is 1.87 bits per heavy atom. The number of rotatable bonds is 15. The quantitative estimate of drug-likeness (QED) is 0.245. The Balaban J connectivity index is 3.76. The highest BCUT2D eigenvalue weighted by atomic mass is 16.5. The van der Waals surface area contributed by atoms with Crippen molar-refractivity contribution in [2.24, 2.45) is 5.73 Å². The molecule has 0 aliphatic carbocycles. The van der Waals surface area contributed by atoms with E-state index in [-0.39, 0.29) is 5.97 Å². The molecule has 0 aliphatic heterocycles. The number of hydrogen-bond acceptors (Lipinski definition) is 3. The number of esters is 1. The number of nitrogens with two attached hydrogens (primary N) is 1. The minimum absolute atomic E-state index is 0.195. The molecule has 23 heavy (non-hydrogen) atoms. The van der Waals surface area contributed by atoms with Gasteiger partial charge in [-0.2, -0.15) is 0 Å². The van der Waals surface area contributed by atoms with Gasteiger partial charge in [0.25, 0.3) is 0 Å². The van der Waals surface area contributed by atoms with Crippen molar-refractivity contribution in [1.29, 1.82) is 0 Å². The monoisotopic (exact) mass is 325 g/mol. The molecule has 136 valence electrons. The first-order valence-electron chi connectivity index (χ1n) is 9.73. The van der Waals surface area contributed by atoms with Crippen LogP contribution in [0.1, 0.15) is 97.8 Å². The van der Waals surface area contributed by atoms with E-state index in [9.17, 15) is 4.79 Å². The lowest BCUT2D eigenvalue weighted by Gasteiger charge is -2.10. The zero-order valence-corrected chi connectivity index (χ0v) is 15.8. The summed E-state index contributed by atoms with van der Waals surface area (Å²) in [4.78, 5) is 11.8. The summed E-state index contributed by atoms with van der Waals surface area (Å²) in [6.45, 7) is 6.96. The number of hydrogen-bond donors (Lipinski definition) is 1. The third-order valence-electron chi connectivity index (χ3n) is 4.45. The van der Waals surface area contributed by atoms with Gasteiger partial charge in [-0.15, -0.1) is 0 Å². The summed E-state index contributed by atoms with van der Waals surface area (Å²) in [5.74, 6) is -0.195. The third-order valence-corrected chi connectivity index (χ3v) is 4.45. The predicted molar refractivity (Wildman–Crippen MR) is 99.5 cm³/mol. The molecule has 0 fully saturated rings. The van der Waals surface area contributed by atoms with Crippen LogP contribution >= 0.6 is 0 Å². The molecule has 0 spiro atoms. The Kier molecular flexibility index (Phi) is 15.5. The highest BCUT2D eigenvalue weighted by Crippen LogP contribution is 2.19. The second kappa shape index (κ2) is 16.0. The number of carbonyl (C=O) groups excluding carboxylic acids is 1. The van der Waals surface area contributed by atoms with Gasteiger partial charge < -0.3 is 10.5 Å². The molecule has 0 bridgehead atoms. The first-order valence-corrected chi connectivity index (χ1v) is 9.73. The summed E-state index contributed by atoms with van der Waals surface area (Å²) in [7, 11) is 0. The fourth-order valence-electron chi connectivity index (χ4n) is 2.86. The molecule has 3 heteroatoms. The van der Waals surface area contributed by atoms with Crippen LogP contribution in [0.5, 0.6) is 0 Å². The van der Waals surface area contributed by atoms with E-state index in [2.05, 4.69) is 13.8 Å². The van der Waals surface area contributed by atoms with Gasteiger partial charge in [-0.1, -0.05) is 77.2 Å². The fourth-order valence-corrected chi connectivity index (χ4v) is 2.86. The van der Waals surface area contributed by atoms with Gasteiger partial charge in [-0.25, -0.2) is 4.79 Å². The largest absolute Gasteiger partial charge is 0.461 e. The normalized spacial score (nSPS) is 12.2. The molecule has 0 aromatic heterocycles. The topological polar surface area (TPSA) is 52.3 Å². The summed E-state index contributed by atoms with van der Waals surface area (Å²) >= 11 is 0. The Labute approximate surface area is 144 Å². The molecule has 0 radical (unpaired) electrons. The van der Waals surface area contributed by atoms with Crippen LogP contribution in [0.15, 0.2) is 11.1 Å². The number of carbonyl (C=O) groups is 1. The minimum Gasteiger partial charge on any atom is -0.461 e. The number of allylic oxidation sites excluding steroid dienone is 1. The molecule has 0 rings (SSSR count). The molecule has 0 aromatic carbocycles. The van der Waals surface area contributed by atoms with Gasteiger partial charge in [0.1, 0.15) is 6.61 Å². The third kappa shape index (κ3) is 12.3. The molecule has 0 aromatic rings. The van der Waals surface area contributed by atoms with Crippen LogP contribution in [-0.4, -0.2) is 19.1 Å². The van der Waals surface area contributed by atoms with Gasteiger partial charge in [0.05, 0.1) is 0 Å². The van der Waals surface area contributed by atoms with Crippen LogP contribution in [0.4, 0.5) is 0 Å². The van der Waals surface area contributed by atoms with Crippen molar-refractivity contribution >= 4 is 5.97 Å². The van der Waals surface area contributed by atoms with E-state index in [0.29, 0.717) is 13.2 Å². The SMILES string of the molecule is CCCCCCCCCCCCC(CC)=C(C)C(=O)OCCN. The van der Waals surface area contributed by atoms with Gasteiger partial charge in [-0.05, 0) is 26.2 Å². The molecule has 0 aliphatic rings. The first-order chi connectivity index (χ1) is 11.2. The van der Waals surface area contributed by atoms with Crippen molar-refractivity contribution in [2.45, 2.75) is 97.8 Å². The molecule has 0 amide bonds. The second-order valence-corrected chi connectivity index (χ2v) is 6.44. The fraction of sp³-hybridized carbons (Fsp3) is 0.850. The van der Waals surface area contributed by atoms with Crippen LogP contribution in [0.25, 0.3) is 0 Å². The number of unbranched alkanes of at least 4 members (excludes halogenated alkanes) is 9. The average molecular weight is 326 g/mol. The Hall–Kier alpha value is -0.830.